The van der Waals surface area contributed by atoms with Crippen LogP contribution in [0.4, 0.5) is 4.39 Å². The number of likely N-dealkylation sites (tertiary alicyclic amines) is 1. The summed E-state index contributed by atoms with van der Waals surface area (Å²) in [6, 6.07) is 10.4. The molecule has 2 aliphatic rings. The summed E-state index contributed by atoms with van der Waals surface area (Å²) in [4.78, 5) is 32.3. The number of aromatic amines is 1. The number of phenols is 1. The van der Waals surface area contributed by atoms with E-state index in [1.165, 1.54) is 17.4 Å². The summed E-state index contributed by atoms with van der Waals surface area (Å²) < 4.78 is 21.5. The molecule has 4 aromatic rings. The maximum absolute atomic E-state index is 14.6. The van der Waals surface area contributed by atoms with Crippen molar-refractivity contribution >= 4 is 38.8 Å². The number of hydrogen-bond donors (Lipinski definition) is 3. The van der Waals surface area contributed by atoms with Gasteiger partial charge >= 0.3 is 4.87 Å². The Hall–Kier alpha value is -3.09. The van der Waals surface area contributed by atoms with Crippen LogP contribution in [0.1, 0.15) is 70.1 Å². The Balaban J connectivity index is 0.992. The number of halogens is 1. The van der Waals surface area contributed by atoms with Gasteiger partial charge in [0.05, 0.1) is 34.4 Å². The number of nitrogens with zero attached hydrogens (tertiary/aromatic N) is 2. The molecule has 234 valence electrons. The maximum atomic E-state index is 14.6. The van der Waals surface area contributed by atoms with Crippen LogP contribution < -0.4 is 4.87 Å². The predicted octanol–water partition coefficient (Wildman–Crippen LogP) is 5.76. The van der Waals surface area contributed by atoms with Crippen LogP contribution in [0.3, 0.4) is 0 Å². The third kappa shape index (κ3) is 6.92. The number of aromatic hydroxyl groups is 1. The molecule has 0 unspecified atom stereocenters. The molecule has 8 nitrogen and oxygen atoms in total. The van der Waals surface area contributed by atoms with Crippen LogP contribution in [0.5, 0.6) is 5.75 Å². The monoisotopic (exact) mass is 639 g/mol. The average molecular weight is 640 g/mol. The van der Waals surface area contributed by atoms with Crippen molar-refractivity contribution in [1.29, 1.82) is 0 Å². The molecule has 11 heteroatoms. The fraction of sp³-hybridized carbons (Fsp3) is 0.455. The number of aromatic nitrogens is 1. The smallest absolute Gasteiger partial charge is 0.305 e. The summed E-state index contributed by atoms with van der Waals surface area (Å²) in [5, 5.41) is 22.8. The summed E-state index contributed by atoms with van der Waals surface area (Å²) in [6.45, 7) is 6.08. The molecule has 1 spiro atoms. The summed E-state index contributed by atoms with van der Waals surface area (Å²) >= 11 is 2.48. The largest absolute Gasteiger partial charge is 0.506 e. The number of rotatable bonds is 9. The number of carbonyl (C=O) groups excluding carboxylic acids is 1. The number of aryl methyl sites for hydroxylation is 2. The minimum absolute atomic E-state index is 0.00870. The summed E-state index contributed by atoms with van der Waals surface area (Å²) in [6.07, 6.45) is 3.62. The first kappa shape index (κ1) is 30.9. The minimum Gasteiger partial charge on any atom is -0.506 e. The van der Waals surface area contributed by atoms with E-state index in [-0.39, 0.29) is 27.9 Å². The van der Waals surface area contributed by atoms with Crippen LogP contribution >= 0.6 is 22.7 Å². The second-order valence-corrected chi connectivity index (χ2v) is 14.0. The fourth-order valence-electron chi connectivity index (χ4n) is 6.47. The predicted molar refractivity (Wildman–Crippen MR) is 171 cm³/mol. The van der Waals surface area contributed by atoms with E-state index in [4.69, 9.17) is 4.74 Å². The summed E-state index contributed by atoms with van der Waals surface area (Å²) in [7, 11) is 0. The molecule has 1 amide bonds. The molecule has 4 heterocycles. The van der Waals surface area contributed by atoms with Gasteiger partial charge in [0.15, 0.2) is 0 Å². The molecule has 2 aromatic carbocycles. The average Bonchev–Trinajstić information content (AvgIpc) is 3.62. The Morgan fingerprint density at radius 2 is 1.93 bits per heavy atom. The van der Waals surface area contributed by atoms with Crippen LogP contribution in [-0.2, 0) is 17.7 Å². The van der Waals surface area contributed by atoms with Gasteiger partial charge in [-0.3, -0.25) is 14.5 Å². The Morgan fingerprint density at radius 1 is 1.14 bits per heavy atom. The molecule has 2 saturated heterocycles. The van der Waals surface area contributed by atoms with E-state index in [1.807, 2.05) is 23.3 Å². The van der Waals surface area contributed by atoms with Gasteiger partial charge in [-0.05, 0) is 85.4 Å². The number of ether oxygens (including phenoxy) is 1. The van der Waals surface area contributed by atoms with Crippen molar-refractivity contribution in [1.82, 2.24) is 14.8 Å². The zero-order chi connectivity index (χ0) is 30.8. The number of aliphatic hydroxyl groups is 1. The number of thiazole rings is 1. The molecular weight excluding hydrogens is 602 g/mol. The third-order valence-corrected chi connectivity index (χ3v) is 10.8. The number of aliphatic hydroxyl groups excluding tert-OH is 1. The van der Waals surface area contributed by atoms with E-state index in [0.29, 0.717) is 54.9 Å². The van der Waals surface area contributed by atoms with E-state index < -0.39 is 6.10 Å². The quantitative estimate of drug-likeness (QED) is 0.201. The van der Waals surface area contributed by atoms with E-state index >= 15 is 0 Å². The zero-order valence-corrected chi connectivity index (χ0v) is 26.4. The molecule has 0 radical (unpaired) electrons. The first-order chi connectivity index (χ1) is 21.2. The van der Waals surface area contributed by atoms with Gasteiger partial charge in [-0.25, -0.2) is 4.39 Å². The van der Waals surface area contributed by atoms with Crippen LogP contribution in [0.2, 0.25) is 0 Å². The number of benzene rings is 2. The molecule has 1 atom stereocenters. The summed E-state index contributed by atoms with van der Waals surface area (Å²) in [5.41, 5.74) is 3.67. The molecule has 2 aliphatic heterocycles. The number of amides is 1. The second-order valence-electron chi connectivity index (χ2n) is 12.1. The Bertz CT molecular complexity index is 1690. The number of H-pyrrole nitrogens is 1. The van der Waals surface area contributed by atoms with Crippen molar-refractivity contribution in [3.63, 3.8) is 0 Å². The van der Waals surface area contributed by atoms with Gasteiger partial charge in [0.25, 0.3) is 5.91 Å². The highest BCUT2D eigenvalue weighted by Gasteiger charge is 2.41. The molecule has 0 saturated carbocycles. The molecule has 3 N–H and O–H groups in total. The van der Waals surface area contributed by atoms with Gasteiger partial charge in [0.1, 0.15) is 17.1 Å². The number of phenolic OH excluding ortho intramolecular Hbond substituents is 1. The number of thiophene rings is 1. The fourth-order valence-corrected chi connectivity index (χ4v) is 8.26. The Kier molecular flexibility index (Phi) is 9.21. The summed E-state index contributed by atoms with van der Waals surface area (Å²) in [5.74, 6) is -0.161. The lowest BCUT2D eigenvalue weighted by molar-refractivity contribution is -0.127. The first-order valence-corrected chi connectivity index (χ1v) is 16.9. The second kappa shape index (κ2) is 13.1. The van der Waals surface area contributed by atoms with Crippen LogP contribution in [0.15, 0.2) is 46.6 Å². The minimum atomic E-state index is -0.756. The van der Waals surface area contributed by atoms with E-state index in [1.54, 1.807) is 18.2 Å². The number of piperidine rings is 1. The highest BCUT2D eigenvalue weighted by atomic mass is 32.1. The molecule has 6 rings (SSSR count). The standard InChI is InChI=1S/C33H38FN3O5S2/c1-21-14-28(43-19-21)31(40)37-12-13-42-33(20-37)8-10-36(11-9-33)18-23-15-22(16-24(34)17-23)4-2-3-5-26(38)25-6-7-27(39)29-30(25)44-32(41)35-29/h6-7,14-17,19,26,38-39H,2-5,8-13,18,20H2,1H3,(H,35,41)/t26-/m0/s1. The van der Waals surface area contributed by atoms with Crippen molar-refractivity contribution in [2.45, 2.75) is 63.7 Å². The van der Waals surface area contributed by atoms with Gasteiger partial charge < -0.3 is 24.8 Å². The molecule has 2 fully saturated rings. The molecular formula is C33H38FN3O5S2. The van der Waals surface area contributed by atoms with Gasteiger partial charge in [0, 0.05) is 31.7 Å². The SMILES string of the molecule is Cc1csc(C(=O)N2CCOC3(CCN(Cc4cc(F)cc(CCCC[C@H](O)c5ccc(O)c6[nH]c(=O)sc56)c4)CC3)C2)c1. The molecule has 44 heavy (non-hydrogen) atoms. The van der Waals surface area contributed by atoms with E-state index in [9.17, 15) is 24.2 Å². The highest BCUT2D eigenvalue weighted by molar-refractivity contribution is 7.16. The lowest BCUT2D eigenvalue weighted by Gasteiger charge is -2.47. The van der Waals surface area contributed by atoms with E-state index in [2.05, 4.69) is 16.0 Å². The lowest BCUT2D eigenvalue weighted by Crippen LogP contribution is -2.57. The van der Waals surface area contributed by atoms with Crippen molar-refractivity contribution in [3.8, 4) is 5.75 Å². The molecule has 2 aromatic heterocycles. The van der Waals surface area contributed by atoms with Crippen molar-refractivity contribution < 1.29 is 24.1 Å². The van der Waals surface area contributed by atoms with Crippen molar-refractivity contribution in [2.75, 3.05) is 32.8 Å². The topological polar surface area (TPSA) is 106 Å². The Labute approximate surface area is 263 Å². The normalized spacial score (nSPS) is 17.8. The van der Waals surface area contributed by atoms with Gasteiger partial charge in [0.2, 0.25) is 0 Å². The number of fused-ring (bicyclic) bond motifs is 1. The zero-order valence-electron chi connectivity index (χ0n) is 24.8. The van der Waals surface area contributed by atoms with Crippen LogP contribution in [0, 0.1) is 12.7 Å². The van der Waals surface area contributed by atoms with Crippen LogP contribution in [0.25, 0.3) is 10.2 Å². The lowest BCUT2D eigenvalue weighted by atomic mass is 9.89. The van der Waals surface area contributed by atoms with Gasteiger partial charge in [-0.2, -0.15) is 0 Å². The molecule has 0 bridgehead atoms. The first-order valence-electron chi connectivity index (χ1n) is 15.2. The highest BCUT2D eigenvalue weighted by Crippen LogP contribution is 2.34. The van der Waals surface area contributed by atoms with E-state index in [0.717, 1.165) is 71.7 Å². The van der Waals surface area contributed by atoms with Gasteiger partial charge in [-0.1, -0.05) is 29.9 Å². The van der Waals surface area contributed by atoms with Crippen LogP contribution in [-0.4, -0.2) is 69.3 Å². The maximum Gasteiger partial charge on any atom is 0.305 e. The number of morpholine rings is 1. The number of nitrogens with one attached hydrogen (secondary N) is 1. The molecule has 0 aliphatic carbocycles. The van der Waals surface area contributed by atoms with Gasteiger partial charge in [-0.15, -0.1) is 11.3 Å². The number of unbranched alkanes of at least 4 members (excludes halogenated alkanes) is 1. The third-order valence-electron chi connectivity index (χ3n) is 8.81. The number of hydrogen-bond acceptors (Lipinski definition) is 8. The Morgan fingerprint density at radius 3 is 2.70 bits per heavy atom. The number of carbonyl (C=O) groups is 1. The van der Waals surface area contributed by atoms with Crippen molar-refractivity contribution in [2.24, 2.45) is 0 Å². The van der Waals surface area contributed by atoms with Crippen molar-refractivity contribution in [3.05, 3.63) is 84.4 Å².